The highest BCUT2D eigenvalue weighted by Crippen LogP contribution is 2.35. The Labute approximate surface area is 186 Å². The lowest BCUT2D eigenvalue weighted by atomic mass is 9.90. The molecule has 166 valence electrons. The molecule has 0 saturated carbocycles. The van der Waals surface area contributed by atoms with E-state index >= 15 is 0 Å². The van der Waals surface area contributed by atoms with Gasteiger partial charge in [0.1, 0.15) is 11.1 Å². The minimum atomic E-state index is -0.0561. The number of hydrogen-bond acceptors (Lipinski definition) is 6. The second-order valence-corrected chi connectivity index (χ2v) is 11.1. The van der Waals surface area contributed by atoms with Crippen molar-refractivity contribution in [2.75, 3.05) is 18.0 Å². The number of piperazine rings is 1. The molecule has 6 rings (SSSR count). The summed E-state index contributed by atoms with van der Waals surface area (Å²) < 4.78 is 7.65. The molecule has 0 spiro atoms. The Kier molecular flexibility index (Phi) is 4.91. The van der Waals surface area contributed by atoms with Gasteiger partial charge >= 0.3 is 5.69 Å². The van der Waals surface area contributed by atoms with Gasteiger partial charge in [-0.3, -0.25) is 13.9 Å². The minimum Gasteiger partial charge on any atom is -0.350 e. The molecule has 0 N–H and O–H groups in total. The highest BCUT2D eigenvalue weighted by atomic mass is 32.2. The number of piperidine rings is 2. The third-order valence-corrected chi connectivity index (χ3v) is 7.48. The van der Waals surface area contributed by atoms with Crippen molar-refractivity contribution in [1.29, 1.82) is 0 Å². The van der Waals surface area contributed by atoms with E-state index in [0.29, 0.717) is 6.54 Å². The van der Waals surface area contributed by atoms with Crippen molar-refractivity contribution in [2.24, 2.45) is 16.9 Å². The first kappa shape index (κ1) is 20.6. The molecule has 6 heterocycles. The Balaban J connectivity index is 1.41. The third-order valence-electron chi connectivity index (χ3n) is 6.56. The van der Waals surface area contributed by atoms with Crippen molar-refractivity contribution in [2.45, 2.75) is 63.9 Å². The SMILES string of the molecule is Cn1c(=O)n(CC(C)(C)C)c2ccc(N3CC4CCC3CN4C(=O)C3CC=NS3)nc21. The summed E-state index contributed by atoms with van der Waals surface area (Å²) in [6.45, 7) is 8.59. The van der Waals surface area contributed by atoms with Crippen molar-refractivity contribution < 1.29 is 4.79 Å². The van der Waals surface area contributed by atoms with Gasteiger partial charge in [0.15, 0.2) is 5.65 Å². The molecule has 3 unspecified atom stereocenters. The van der Waals surface area contributed by atoms with E-state index in [4.69, 9.17) is 4.98 Å². The normalized spacial score (nSPS) is 25.7. The predicted molar refractivity (Wildman–Crippen MR) is 125 cm³/mol. The Morgan fingerprint density at radius 2 is 1.97 bits per heavy atom. The van der Waals surface area contributed by atoms with Gasteiger partial charge in [-0.25, -0.2) is 14.2 Å². The molecule has 3 fully saturated rings. The van der Waals surface area contributed by atoms with Gasteiger partial charge < -0.3 is 9.80 Å². The lowest BCUT2D eigenvalue weighted by Gasteiger charge is -2.52. The fraction of sp³-hybridized carbons (Fsp3) is 0.636. The number of anilines is 1. The molecule has 0 radical (unpaired) electrons. The van der Waals surface area contributed by atoms with E-state index in [2.05, 4.69) is 35.0 Å². The van der Waals surface area contributed by atoms with Gasteiger partial charge in [0.05, 0.1) is 5.52 Å². The van der Waals surface area contributed by atoms with E-state index in [9.17, 15) is 9.59 Å². The summed E-state index contributed by atoms with van der Waals surface area (Å²) in [7, 11) is 1.80. The minimum absolute atomic E-state index is 0.00143. The summed E-state index contributed by atoms with van der Waals surface area (Å²) >= 11 is 1.40. The molecule has 3 saturated heterocycles. The van der Waals surface area contributed by atoms with Gasteiger partial charge in [-0.15, -0.1) is 0 Å². The van der Waals surface area contributed by atoms with Gasteiger partial charge in [-0.2, -0.15) is 0 Å². The largest absolute Gasteiger partial charge is 0.350 e. The van der Waals surface area contributed by atoms with E-state index < -0.39 is 0 Å². The first-order chi connectivity index (χ1) is 14.7. The van der Waals surface area contributed by atoms with Crippen LogP contribution in [0.4, 0.5) is 5.82 Å². The summed E-state index contributed by atoms with van der Waals surface area (Å²) in [5.41, 5.74) is 1.58. The van der Waals surface area contributed by atoms with E-state index in [1.54, 1.807) is 11.6 Å². The summed E-state index contributed by atoms with van der Waals surface area (Å²) in [5, 5.41) is -0.0561. The highest BCUT2D eigenvalue weighted by molar-refractivity contribution is 7.99. The lowest BCUT2D eigenvalue weighted by molar-refractivity contribution is -0.135. The first-order valence-corrected chi connectivity index (χ1v) is 11.9. The van der Waals surface area contributed by atoms with Crippen molar-refractivity contribution in [3.05, 3.63) is 22.6 Å². The summed E-state index contributed by atoms with van der Waals surface area (Å²) in [6.07, 6.45) is 4.68. The summed E-state index contributed by atoms with van der Waals surface area (Å²) in [5.74, 6) is 1.12. The smallest absolute Gasteiger partial charge is 0.330 e. The average Bonchev–Trinajstić information content (AvgIpc) is 3.36. The maximum Gasteiger partial charge on any atom is 0.330 e. The second kappa shape index (κ2) is 7.39. The van der Waals surface area contributed by atoms with Crippen LogP contribution in [-0.4, -0.2) is 61.6 Å². The van der Waals surface area contributed by atoms with Crippen molar-refractivity contribution in [3.63, 3.8) is 0 Å². The number of carbonyl (C=O) groups is 1. The number of amides is 1. The molecule has 0 aliphatic carbocycles. The van der Waals surface area contributed by atoms with E-state index in [1.807, 2.05) is 22.9 Å². The molecule has 4 aliphatic rings. The molecular formula is C22H30N6O2S. The molecule has 4 aliphatic heterocycles. The Hall–Kier alpha value is -2.29. The summed E-state index contributed by atoms with van der Waals surface area (Å²) in [4.78, 5) is 35.1. The topological polar surface area (TPSA) is 75.7 Å². The Bertz CT molecular complexity index is 1110. The fourth-order valence-corrected chi connectivity index (χ4v) is 5.78. The molecule has 2 aromatic rings. The molecule has 2 bridgehead atoms. The zero-order valence-electron chi connectivity index (χ0n) is 18.6. The second-order valence-electron chi connectivity index (χ2n) is 10.1. The van der Waals surface area contributed by atoms with Gasteiger partial charge in [0.2, 0.25) is 5.91 Å². The van der Waals surface area contributed by atoms with Crippen LogP contribution >= 0.6 is 11.9 Å². The number of nitrogens with zero attached hydrogens (tertiary/aromatic N) is 6. The number of imidazole rings is 1. The van der Waals surface area contributed by atoms with Crippen LogP contribution in [0.5, 0.6) is 0 Å². The predicted octanol–water partition coefficient (Wildman–Crippen LogP) is 2.45. The van der Waals surface area contributed by atoms with Crippen LogP contribution in [0.2, 0.25) is 0 Å². The summed E-state index contributed by atoms with van der Waals surface area (Å²) in [6, 6.07) is 4.54. The quantitative estimate of drug-likeness (QED) is 0.683. The standard InChI is InChI=1S/C22H30N6O2S/c1-22(2,3)13-28-16-7-8-18(24-19(16)25(4)21(28)30)26-11-15-6-5-14(26)12-27(15)20(29)17-9-10-23-31-17/h7-8,10,14-15,17H,5-6,9,11-13H2,1-4H3. The number of carbonyl (C=O) groups excluding carboxylic acids is 1. The number of aromatic nitrogens is 3. The average molecular weight is 443 g/mol. The number of hydrogen-bond donors (Lipinski definition) is 0. The number of aryl methyl sites for hydroxylation is 1. The van der Waals surface area contributed by atoms with Crippen molar-refractivity contribution >= 4 is 41.1 Å². The molecule has 2 aromatic heterocycles. The van der Waals surface area contributed by atoms with Gasteiger partial charge in [0, 0.05) is 51.4 Å². The molecule has 0 aromatic carbocycles. The van der Waals surface area contributed by atoms with Crippen molar-refractivity contribution in [3.8, 4) is 0 Å². The van der Waals surface area contributed by atoms with E-state index in [1.165, 1.54) is 11.9 Å². The van der Waals surface area contributed by atoms with Crippen LogP contribution in [0.15, 0.2) is 21.3 Å². The number of pyridine rings is 1. The maximum atomic E-state index is 13.0. The fourth-order valence-electron chi connectivity index (χ4n) is 5.06. The zero-order valence-corrected chi connectivity index (χ0v) is 19.4. The van der Waals surface area contributed by atoms with Gasteiger partial charge in [0.25, 0.3) is 0 Å². The number of fused-ring (bicyclic) bond motifs is 4. The molecule has 3 atom stereocenters. The molecule has 1 amide bonds. The zero-order chi connectivity index (χ0) is 21.9. The Morgan fingerprint density at radius 1 is 1.19 bits per heavy atom. The molecule has 9 heteroatoms. The van der Waals surface area contributed by atoms with Crippen LogP contribution in [-0.2, 0) is 18.4 Å². The van der Waals surface area contributed by atoms with Crippen molar-refractivity contribution in [1.82, 2.24) is 19.0 Å². The Morgan fingerprint density at radius 3 is 2.61 bits per heavy atom. The lowest BCUT2D eigenvalue weighted by Crippen LogP contribution is -2.65. The first-order valence-electron chi connectivity index (χ1n) is 11.0. The molecular weight excluding hydrogens is 412 g/mol. The highest BCUT2D eigenvalue weighted by Gasteiger charge is 2.43. The van der Waals surface area contributed by atoms with E-state index in [0.717, 1.165) is 49.3 Å². The van der Waals surface area contributed by atoms with Crippen LogP contribution in [0.1, 0.15) is 40.0 Å². The van der Waals surface area contributed by atoms with Crippen LogP contribution < -0.4 is 10.6 Å². The molecule has 8 nitrogen and oxygen atoms in total. The van der Waals surface area contributed by atoms with Gasteiger partial charge in [-0.1, -0.05) is 20.8 Å². The maximum absolute atomic E-state index is 13.0. The van der Waals surface area contributed by atoms with Crippen LogP contribution in [0, 0.1) is 5.41 Å². The molecule has 31 heavy (non-hydrogen) atoms. The van der Waals surface area contributed by atoms with Crippen LogP contribution in [0.3, 0.4) is 0 Å². The third kappa shape index (κ3) is 3.56. The van der Waals surface area contributed by atoms with Gasteiger partial charge in [-0.05, 0) is 42.3 Å². The van der Waals surface area contributed by atoms with E-state index in [-0.39, 0.29) is 34.3 Å². The number of rotatable bonds is 3. The van der Waals surface area contributed by atoms with Crippen LogP contribution in [0.25, 0.3) is 11.2 Å². The monoisotopic (exact) mass is 442 g/mol.